The van der Waals surface area contributed by atoms with Gasteiger partial charge in [-0.1, -0.05) is 6.07 Å². The van der Waals surface area contributed by atoms with Crippen molar-refractivity contribution in [3.63, 3.8) is 0 Å². The highest BCUT2D eigenvalue weighted by Gasteiger charge is 2.30. The standard InChI is InChI=1S/C14H22N2O2/c1-17-8-7-16(12-4-5-12)14-9-13(18-2)6-3-11(14)10-15/h3,6,9,12H,4-5,7-8,10,15H2,1-2H3. The molecule has 4 heteroatoms. The number of nitrogens with two attached hydrogens (primary N) is 1. The second-order valence-corrected chi connectivity index (χ2v) is 4.62. The molecule has 1 aromatic rings. The van der Waals surface area contributed by atoms with E-state index in [1.165, 1.54) is 24.1 Å². The average Bonchev–Trinajstić information content (AvgIpc) is 3.23. The Bertz CT molecular complexity index is 391. The SMILES string of the molecule is COCCN(c1cc(OC)ccc1CN)C1CC1. The Morgan fingerprint density at radius 3 is 2.67 bits per heavy atom. The fraction of sp³-hybridized carbons (Fsp3) is 0.571. The molecule has 2 N–H and O–H groups in total. The maximum absolute atomic E-state index is 5.83. The Kier molecular flexibility index (Phi) is 4.44. The zero-order valence-electron chi connectivity index (χ0n) is 11.2. The molecule has 100 valence electrons. The Hall–Kier alpha value is -1.26. The summed E-state index contributed by atoms with van der Waals surface area (Å²) in [6, 6.07) is 6.73. The lowest BCUT2D eigenvalue weighted by molar-refractivity contribution is 0.205. The Morgan fingerprint density at radius 1 is 1.33 bits per heavy atom. The largest absolute Gasteiger partial charge is 0.497 e. The highest BCUT2D eigenvalue weighted by atomic mass is 16.5. The lowest BCUT2D eigenvalue weighted by Gasteiger charge is -2.27. The summed E-state index contributed by atoms with van der Waals surface area (Å²) in [5.41, 5.74) is 8.19. The van der Waals surface area contributed by atoms with Crippen molar-refractivity contribution in [1.82, 2.24) is 0 Å². The summed E-state index contributed by atoms with van der Waals surface area (Å²) in [5, 5.41) is 0. The molecule has 0 amide bonds. The van der Waals surface area contributed by atoms with Crippen LogP contribution in [-0.2, 0) is 11.3 Å². The molecule has 0 heterocycles. The van der Waals surface area contributed by atoms with Crippen molar-refractivity contribution in [1.29, 1.82) is 0 Å². The van der Waals surface area contributed by atoms with Crippen LogP contribution in [0.2, 0.25) is 0 Å². The molecular formula is C14H22N2O2. The second kappa shape index (κ2) is 6.07. The number of ether oxygens (including phenoxy) is 2. The van der Waals surface area contributed by atoms with Crippen LogP contribution < -0.4 is 15.4 Å². The minimum absolute atomic E-state index is 0.551. The van der Waals surface area contributed by atoms with Gasteiger partial charge in [-0.05, 0) is 24.5 Å². The number of anilines is 1. The Labute approximate surface area is 109 Å². The number of benzene rings is 1. The first kappa shape index (κ1) is 13.2. The average molecular weight is 250 g/mol. The van der Waals surface area contributed by atoms with Crippen molar-refractivity contribution in [2.24, 2.45) is 5.73 Å². The van der Waals surface area contributed by atoms with Crippen molar-refractivity contribution in [2.45, 2.75) is 25.4 Å². The van der Waals surface area contributed by atoms with Crippen LogP contribution in [-0.4, -0.2) is 33.4 Å². The molecule has 0 spiro atoms. The molecule has 1 aliphatic rings. The van der Waals surface area contributed by atoms with Gasteiger partial charge in [-0.25, -0.2) is 0 Å². The maximum Gasteiger partial charge on any atom is 0.120 e. The summed E-state index contributed by atoms with van der Waals surface area (Å²) in [4.78, 5) is 2.40. The van der Waals surface area contributed by atoms with Gasteiger partial charge in [0.2, 0.25) is 0 Å². The van der Waals surface area contributed by atoms with Crippen LogP contribution in [0.3, 0.4) is 0 Å². The molecule has 4 nitrogen and oxygen atoms in total. The van der Waals surface area contributed by atoms with Crippen molar-refractivity contribution in [3.05, 3.63) is 23.8 Å². The zero-order chi connectivity index (χ0) is 13.0. The highest BCUT2D eigenvalue weighted by Crippen LogP contribution is 2.35. The number of methoxy groups -OCH3 is 2. The fourth-order valence-electron chi connectivity index (χ4n) is 2.19. The van der Waals surface area contributed by atoms with Crippen LogP contribution in [0.25, 0.3) is 0 Å². The van der Waals surface area contributed by atoms with Gasteiger partial charge < -0.3 is 20.1 Å². The highest BCUT2D eigenvalue weighted by molar-refractivity contribution is 5.58. The van der Waals surface area contributed by atoms with Crippen LogP contribution in [0.1, 0.15) is 18.4 Å². The monoisotopic (exact) mass is 250 g/mol. The molecule has 1 aliphatic carbocycles. The number of nitrogens with zero attached hydrogens (tertiary/aromatic N) is 1. The van der Waals surface area contributed by atoms with Gasteiger partial charge >= 0.3 is 0 Å². The van der Waals surface area contributed by atoms with E-state index < -0.39 is 0 Å². The summed E-state index contributed by atoms with van der Waals surface area (Å²) in [6.45, 7) is 2.19. The number of hydrogen-bond donors (Lipinski definition) is 1. The molecule has 0 bridgehead atoms. The third-order valence-electron chi connectivity index (χ3n) is 3.35. The van der Waals surface area contributed by atoms with Gasteiger partial charge in [-0.3, -0.25) is 0 Å². The first-order valence-corrected chi connectivity index (χ1v) is 6.42. The van der Waals surface area contributed by atoms with Gasteiger partial charge in [0.05, 0.1) is 13.7 Å². The summed E-state index contributed by atoms with van der Waals surface area (Å²) in [5.74, 6) is 0.880. The molecule has 0 atom stereocenters. The molecule has 1 fully saturated rings. The second-order valence-electron chi connectivity index (χ2n) is 4.62. The van der Waals surface area contributed by atoms with Crippen molar-refractivity contribution in [2.75, 3.05) is 32.3 Å². The molecule has 1 saturated carbocycles. The van der Waals surface area contributed by atoms with Gasteiger partial charge in [0.15, 0.2) is 0 Å². The van der Waals surface area contributed by atoms with Gasteiger partial charge in [0.25, 0.3) is 0 Å². The third-order valence-corrected chi connectivity index (χ3v) is 3.35. The first-order valence-electron chi connectivity index (χ1n) is 6.42. The predicted octanol–water partition coefficient (Wildman–Crippen LogP) is 1.77. The quantitative estimate of drug-likeness (QED) is 0.801. The van der Waals surface area contributed by atoms with E-state index in [0.29, 0.717) is 12.6 Å². The molecule has 18 heavy (non-hydrogen) atoms. The molecule has 1 aromatic carbocycles. The Morgan fingerprint density at radius 2 is 2.11 bits per heavy atom. The van der Waals surface area contributed by atoms with E-state index in [1.807, 2.05) is 6.07 Å². The third kappa shape index (κ3) is 2.94. The molecule has 0 aromatic heterocycles. The van der Waals surface area contributed by atoms with Crippen molar-refractivity contribution >= 4 is 5.69 Å². The van der Waals surface area contributed by atoms with Crippen LogP contribution in [0.15, 0.2) is 18.2 Å². The smallest absolute Gasteiger partial charge is 0.120 e. The number of hydrogen-bond acceptors (Lipinski definition) is 4. The van der Waals surface area contributed by atoms with E-state index in [-0.39, 0.29) is 0 Å². The minimum Gasteiger partial charge on any atom is -0.497 e. The summed E-state index contributed by atoms with van der Waals surface area (Å²) in [6.07, 6.45) is 2.51. The van der Waals surface area contributed by atoms with E-state index in [1.54, 1.807) is 14.2 Å². The molecule has 0 saturated heterocycles. The van der Waals surface area contributed by atoms with Crippen LogP contribution in [0.4, 0.5) is 5.69 Å². The van der Waals surface area contributed by atoms with E-state index in [9.17, 15) is 0 Å². The number of rotatable bonds is 7. The minimum atomic E-state index is 0.551. The lowest BCUT2D eigenvalue weighted by atomic mass is 10.1. The maximum atomic E-state index is 5.83. The van der Waals surface area contributed by atoms with Gasteiger partial charge in [-0.15, -0.1) is 0 Å². The first-order chi connectivity index (χ1) is 8.80. The molecular weight excluding hydrogens is 228 g/mol. The molecule has 2 rings (SSSR count). The van der Waals surface area contributed by atoms with Crippen molar-refractivity contribution in [3.8, 4) is 5.75 Å². The fourth-order valence-corrected chi connectivity index (χ4v) is 2.19. The summed E-state index contributed by atoms with van der Waals surface area (Å²) >= 11 is 0. The summed E-state index contributed by atoms with van der Waals surface area (Å²) in [7, 11) is 3.43. The van der Waals surface area contributed by atoms with E-state index >= 15 is 0 Å². The molecule has 0 radical (unpaired) electrons. The van der Waals surface area contributed by atoms with E-state index in [4.69, 9.17) is 15.2 Å². The van der Waals surface area contributed by atoms with E-state index in [0.717, 1.165) is 18.9 Å². The Balaban J connectivity index is 2.25. The lowest BCUT2D eigenvalue weighted by Crippen LogP contribution is -2.30. The molecule has 0 unspecified atom stereocenters. The van der Waals surface area contributed by atoms with E-state index in [2.05, 4.69) is 17.0 Å². The topological polar surface area (TPSA) is 47.7 Å². The summed E-state index contributed by atoms with van der Waals surface area (Å²) < 4.78 is 10.5. The van der Waals surface area contributed by atoms with Gasteiger partial charge in [-0.2, -0.15) is 0 Å². The van der Waals surface area contributed by atoms with Crippen LogP contribution in [0.5, 0.6) is 5.75 Å². The van der Waals surface area contributed by atoms with Crippen LogP contribution >= 0.6 is 0 Å². The predicted molar refractivity (Wildman–Crippen MR) is 73.1 cm³/mol. The normalized spacial score (nSPS) is 14.6. The van der Waals surface area contributed by atoms with Crippen LogP contribution in [0, 0.1) is 0 Å². The van der Waals surface area contributed by atoms with Gasteiger partial charge in [0, 0.05) is 38.0 Å². The molecule has 0 aliphatic heterocycles. The zero-order valence-corrected chi connectivity index (χ0v) is 11.2. The van der Waals surface area contributed by atoms with Gasteiger partial charge in [0.1, 0.15) is 5.75 Å². The van der Waals surface area contributed by atoms with Crippen molar-refractivity contribution < 1.29 is 9.47 Å².